The largest absolute Gasteiger partial charge is 0.493 e. The summed E-state index contributed by atoms with van der Waals surface area (Å²) in [6.45, 7) is 1.92. The minimum atomic E-state index is -4.02. The van der Waals surface area contributed by atoms with E-state index >= 15 is 0 Å². The fraction of sp³-hybridized carbons (Fsp3) is 0.269. The molecular formula is C26H29ClN2O5S2. The van der Waals surface area contributed by atoms with Crippen molar-refractivity contribution < 1.29 is 22.7 Å². The number of aryl methyl sites for hydroxylation is 1. The van der Waals surface area contributed by atoms with Crippen molar-refractivity contribution in [2.24, 2.45) is 0 Å². The van der Waals surface area contributed by atoms with E-state index in [0.29, 0.717) is 28.8 Å². The number of sulfonamides is 1. The van der Waals surface area contributed by atoms with Crippen molar-refractivity contribution in [3.8, 4) is 11.5 Å². The van der Waals surface area contributed by atoms with Gasteiger partial charge in [0.25, 0.3) is 10.0 Å². The first-order chi connectivity index (χ1) is 17.2. The van der Waals surface area contributed by atoms with E-state index in [2.05, 4.69) is 5.32 Å². The zero-order valence-corrected chi connectivity index (χ0v) is 22.8. The molecular weight excluding hydrogens is 520 g/mol. The molecule has 0 unspecified atom stereocenters. The maximum Gasteiger partial charge on any atom is 0.264 e. The molecule has 1 amide bonds. The molecule has 0 heterocycles. The monoisotopic (exact) mass is 548 g/mol. The molecule has 10 heteroatoms. The predicted molar refractivity (Wildman–Crippen MR) is 145 cm³/mol. The summed E-state index contributed by atoms with van der Waals surface area (Å²) in [7, 11) is -1.06. The Labute approximate surface area is 221 Å². The number of methoxy groups -OCH3 is 2. The van der Waals surface area contributed by atoms with Gasteiger partial charge in [-0.1, -0.05) is 29.3 Å². The van der Waals surface area contributed by atoms with Gasteiger partial charge < -0.3 is 14.8 Å². The fourth-order valence-electron chi connectivity index (χ4n) is 3.34. The lowest BCUT2D eigenvalue weighted by Crippen LogP contribution is -2.41. The summed E-state index contributed by atoms with van der Waals surface area (Å²) in [6, 6.07) is 18.8. The Morgan fingerprint density at radius 1 is 0.972 bits per heavy atom. The first-order valence-corrected chi connectivity index (χ1v) is 14.0. The summed E-state index contributed by atoms with van der Waals surface area (Å²) in [6.07, 6.45) is 0.722. The molecule has 3 aromatic rings. The minimum absolute atomic E-state index is 0.0926. The van der Waals surface area contributed by atoms with E-state index in [1.807, 2.05) is 31.2 Å². The van der Waals surface area contributed by atoms with Crippen LogP contribution in [0.2, 0.25) is 5.02 Å². The lowest BCUT2D eigenvalue weighted by molar-refractivity contribution is -0.119. The third-order valence-corrected chi connectivity index (χ3v) is 8.42. The number of carbonyl (C=O) groups is 1. The molecule has 0 aliphatic heterocycles. The summed E-state index contributed by atoms with van der Waals surface area (Å²) in [5.41, 5.74) is 1.22. The second-order valence-electron chi connectivity index (χ2n) is 7.87. The maximum absolute atomic E-state index is 13.6. The van der Waals surface area contributed by atoms with Gasteiger partial charge in [0.05, 0.1) is 24.8 Å². The van der Waals surface area contributed by atoms with Gasteiger partial charge >= 0.3 is 0 Å². The molecule has 0 atom stereocenters. The van der Waals surface area contributed by atoms with E-state index in [1.165, 1.54) is 26.4 Å². The lowest BCUT2D eigenvalue weighted by Gasteiger charge is -2.25. The molecule has 0 bridgehead atoms. The third-order valence-electron chi connectivity index (χ3n) is 5.28. The van der Waals surface area contributed by atoms with Crippen molar-refractivity contribution in [1.29, 1.82) is 0 Å². The van der Waals surface area contributed by atoms with Crippen LogP contribution < -0.4 is 19.1 Å². The Balaban J connectivity index is 1.72. The van der Waals surface area contributed by atoms with E-state index in [0.717, 1.165) is 26.9 Å². The highest BCUT2D eigenvalue weighted by Gasteiger charge is 2.28. The van der Waals surface area contributed by atoms with Crippen LogP contribution in [0, 0.1) is 6.92 Å². The van der Waals surface area contributed by atoms with Gasteiger partial charge in [-0.2, -0.15) is 0 Å². The molecule has 3 rings (SSSR count). The van der Waals surface area contributed by atoms with Crippen LogP contribution in [-0.2, 0) is 14.8 Å². The zero-order chi connectivity index (χ0) is 26.1. The number of amides is 1. The van der Waals surface area contributed by atoms with Gasteiger partial charge in [0.15, 0.2) is 11.5 Å². The number of nitrogens with zero attached hydrogens (tertiary/aromatic N) is 1. The van der Waals surface area contributed by atoms with Crippen LogP contribution in [-0.4, -0.2) is 47.4 Å². The summed E-state index contributed by atoms with van der Waals surface area (Å²) < 4.78 is 38.8. The van der Waals surface area contributed by atoms with E-state index in [9.17, 15) is 13.2 Å². The molecule has 7 nitrogen and oxygen atoms in total. The molecule has 0 spiro atoms. The van der Waals surface area contributed by atoms with Crippen molar-refractivity contribution in [1.82, 2.24) is 5.32 Å². The highest BCUT2D eigenvalue weighted by Crippen LogP contribution is 2.33. The number of nitrogens with one attached hydrogen (secondary N) is 1. The van der Waals surface area contributed by atoms with Crippen molar-refractivity contribution in [2.75, 3.05) is 37.4 Å². The van der Waals surface area contributed by atoms with Crippen LogP contribution in [0.25, 0.3) is 0 Å². The van der Waals surface area contributed by atoms with Crippen LogP contribution in [0.3, 0.4) is 0 Å². The Morgan fingerprint density at radius 3 is 2.28 bits per heavy atom. The Kier molecular flexibility index (Phi) is 9.92. The SMILES string of the molecule is COc1ccc(N(CC(=O)NCCCSc2ccc(Cl)cc2)S(=O)(=O)c2ccc(C)cc2)cc1OC. The van der Waals surface area contributed by atoms with Crippen LogP contribution in [0.15, 0.2) is 76.5 Å². The van der Waals surface area contributed by atoms with Crippen molar-refractivity contribution in [3.63, 3.8) is 0 Å². The molecule has 0 saturated carbocycles. The highest BCUT2D eigenvalue weighted by atomic mass is 35.5. The topological polar surface area (TPSA) is 84.9 Å². The first-order valence-electron chi connectivity index (χ1n) is 11.2. The summed E-state index contributed by atoms with van der Waals surface area (Å²) >= 11 is 7.57. The maximum atomic E-state index is 13.6. The Morgan fingerprint density at radius 2 is 1.64 bits per heavy atom. The Bertz CT molecular complexity index is 1270. The molecule has 1 N–H and O–H groups in total. The number of anilines is 1. The molecule has 36 heavy (non-hydrogen) atoms. The highest BCUT2D eigenvalue weighted by molar-refractivity contribution is 7.99. The molecule has 0 fully saturated rings. The van der Waals surface area contributed by atoms with E-state index < -0.39 is 15.9 Å². The third kappa shape index (κ3) is 7.32. The second kappa shape index (κ2) is 12.9. The zero-order valence-electron chi connectivity index (χ0n) is 20.4. The normalized spacial score (nSPS) is 11.1. The molecule has 0 aliphatic carbocycles. The molecule has 3 aromatic carbocycles. The average molecular weight is 549 g/mol. The van der Waals surface area contributed by atoms with Crippen molar-refractivity contribution in [2.45, 2.75) is 23.1 Å². The first kappa shape index (κ1) is 27.7. The van der Waals surface area contributed by atoms with Crippen LogP contribution in [0.4, 0.5) is 5.69 Å². The molecule has 0 radical (unpaired) electrons. The van der Waals surface area contributed by atoms with Crippen LogP contribution >= 0.6 is 23.4 Å². The van der Waals surface area contributed by atoms with Crippen LogP contribution in [0.1, 0.15) is 12.0 Å². The number of hydrogen-bond donors (Lipinski definition) is 1. The summed E-state index contributed by atoms with van der Waals surface area (Å²) in [5.74, 6) is 1.20. The van der Waals surface area contributed by atoms with Gasteiger partial charge in [-0.15, -0.1) is 11.8 Å². The molecule has 0 saturated heterocycles. The van der Waals surface area contributed by atoms with Crippen molar-refractivity contribution in [3.05, 3.63) is 77.3 Å². The number of halogens is 1. The molecule has 0 aliphatic rings. The quantitative estimate of drug-likeness (QED) is 0.248. The molecule has 192 valence electrons. The Hall–Kier alpha value is -2.88. The van der Waals surface area contributed by atoms with Gasteiger partial charge in [0.2, 0.25) is 5.91 Å². The predicted octanol–water partition coefficient (Wildman–Crippen LogP) is 5.16. The summed E-state index contributed by atoms with van der Waals surface area (Å²) in [5, 5.41) is 3.51. The number of thioether (sulfide) groups is 1. The number of hydrogen-bond acceptors (Lipinski definition) is 6. The lowest BCUT2D eigenvalue weighted by atomic mass is 10.2. The van der Waals surface area contributed by atoms with Gasteiger partial charge in [0.1, 0.15) is 6.54 Å². The molecule has 0 aromatic heterocycles. The van der Waals surface area contributed by atoms with E-state index in [-0.39, 0.29) is 11.4 Å². The van der Waals surface area contributed by atoms with Gasteiger partial charge in [-0.3, -0.25) is 9.10 Å². The summed E-state index contributed by atoms with van der Waals surface area (Å²) in [4.78, 5) is 14.0. The fourth-order valence-corrected chi connectivity index (χ4v) is 5.73. The smallest absolute Gasteiger partial charge is 0.264 e. The standard InChI is InChI=1S/C26H29ClN2O5S2/c1-19-5-12-23(13-6-19)36(31,32)29(21-9-14-24(33-2)25(17-21)34-3)18-26(30)28-15-4-16-35-22-10-7-20(27)8-11-22/h5-14,17H,4,15-16,18H2,1-3H3,(H,28,30). The number of rotatable bonds is 12. The van der Waals surface area contributed by atoms with E-state index in [1.54, 1.807) is 42.1 Å². The van der Waals surface area contributed by atoms with Crippen molar-refractivity contribution >= 4 is 45.0 Å². The van der Waals surface area contributed by atoms with Gasteiger partial charge in [0, 0.05) is 22.5 Å². The van der Waals surface area contributed by atoms with Crippen LogP contribution in [0.5, 0.6) is 11.5 Å². The van der Waals surface area contributed by atoms with Gasteiger partial charge in [-0.05, 0) is 67.6 Å². The average Bonchev–Trinajstić information content (AvgIpc) is 2.88. The number of benzene rings is 3. The number of ether oxygens (including phenoxy) is 2. The number of carbonyl (C=O) groups excluding carboxylic acids is 1. The second-order valence-corrected chi connectivity index (χ2v) is 11.3. The minimum Gasteiger partial charge on any atom is -0.493 e. The van der Waals surface area contributed by atoms with Gasteiger partial charge in [-0.25, -0.2) is 8.42 Å². The van der Waals surface area contributed by atoms with E-state index in [4.69, 9.17) is 21.1 Å².